The molecule has 2 rings (SSSR count). The van der Waals surface area contributed by atoms with Gasteiger partial charge in [0.1, 0.15) is 17.3 Å². The van der Waals surface area contributed by atoms with Crippen molar-refractivity contribution >= 4 is 27.6 Å². The zero-order chi connectivity index (χ0) is 20.0. The van der Waals surface area contributed by atoms with Crippen LogP contribution < -0.4 is 4.74 Å². The first-order valence-electron chi connectivity index (χ1n) is 7.96. The molecule has 0 aliphatic heterocycles. The second-order valence-electron chi connectivity index (χ2n) is 5.64. The van der Waals surface area contributed by atoms with Crippen LogP contribution in [0.3, 0.4) is 0 Å². The number of hydrogen-bond donors (Lipinski definition) is 0. The summed E-state index contributed by atoms with van der Waals surface area (Å²) in [6.07, 6.45) is 1.64. The zero-order valence-corrected chi connectivity index (χ0v) is 16.6. The average Bonchev–Trinajstić information content (AvgIpc) is 2.67. The minimum atomic E-state index is -3.91. The predicted octanol–water partition coefficient (Wildman–Crippen LogP) is 3.51. The molecule has 6 nitrogen and oxygen atoms in total. The first kappa shape index (κ1) is 21.0. The van der Waals surface area contributed by atoms with Crippen LogP contribution in [-0.2, 0) is 21.3 Å². The number of carbonyl (C=O) groups excluding carboxylic acids is 1. The third kappa shape index (κ3) is 5.09. The Balaban J connectivity index is 2.23. The first-order valence-corrected chi connectivity index (χ1v) is 9.78. The van der Waals surface area contributed by atoms with Crippen LogP contribution in [0.5, 0.6) is 5.75 Å². The molecule has 0 heterocycles. The summed E-state index contributed by atoms with van der Waals surface area (Å²) in [5.41, 5.74) is 0.880. The highest BCUT2D eigenvalue weighted by atomic mass is 35.5. The molecule has 0 saturated carbocycles. The Morgan fingerprint density at radius 1 is 1.22 bits per heavy atom. The SMILES string of the molecule is C=CCOc1ccc(CN(C)S(=O)(=O)c2cc(C(=O)OC)ccc2Cl)cc1. The van der Waals surface area contributed by atoms with Gasteiger partial charge in [-0.3, -0.25) is 0 Å². The van der Waals surface area contributed by atoms with Gasteiger partial charge in [0.05, 0.1) is 17.7 Å². The lowest BCUT2D eigenvalue weighted by Crippen LogP contribution is -2.27. The second kappa shape index (κ2) is 9.03. The quantitative estimate of drug-likeness (QED) is 0.492. The highest BCUT2D eigenvalue weighted by Gasteiger charge is 2.25. The van der Waals surface area contributed by atoms with E-state index in [1.165, 1.54) is 32.4 Å². The summed E-state index contributed by atoms with van der Waals surface area (Å²) in [5.74, 6) is 0.0267. The molecule has 0 unspecified atom stereocenters. The molecule has 2 aromatic rings. The maximum absolute atomic E-state index is 12.9. The maximum Gasteiger partial charge on any atom is 0.337 e. The Bertz CT molecular complexity index is 926. The van der Waals surface area contributed by atoms with Crippen LogP contribution in [0.2, 0.25) is 5.02 Å². The Labute approximate surface area is 164 Å². The van der Waals surface area contributed by atoms with E-state index in [0.717, 1.165) is 9.87 Å². The van der Waals surface area contributed by atoms with Gasteiger partial charge >= 0.3 is 5.97 Å². The van der Waals surface area contributed by atoms with Crippen LogP contribution >= 0.6 is 11.6 Å². The van der Waals surface area contributed by atoms with Gasteiger partial charge in [0.15, 0.2) is 0 Å². The van der Waals surface area contributed by atoms with Crippen LogP contribution in [0.15, 0.2) is 60.0 Å². The van der Waals surface area contributed by atoms with Crippen molar-refractivity contribution in [1.29, 1.82) is 0 Å². The number of sulfonamides is 1. The summed E-state index contributed by atoms with van der Waals surface area (Å²) in [4.78, 5) is 11.5. The molecule has 0 amide bonds. The first-order chi connectivity index (χ1) is 12.8. The van der Waals surface area contributed by atoms with Crippen LogP contribution in [-0.4, -0.2) is 39.5 Å². The molecule has 0 aliphatic carbocycles. The van der Waals surface area contributed by atoms with Gasteiger partial charge in [0.25, 0.3) is 0 Å². The monoisotopic (exact) mass is 409 g/mol. The molecule has 0 aliphatic rings. The lowest BCUT2D eigenvalue weighted by Gasteiger charge is -2.18. The number of methoxy groups -OCH3 is 1. The van der Waals surface area contributed by atoms with Crippen molar-refractivity contribution in [3.8, 4) is 5.75 Å². The Morgan fingerprint density at radius 2 is 1.89 bits per heavy atom. The van der Waals surface area contributed by atoms with Crippen molar-refractivity contribution in [2.75, 3.05) is 20.8 Å². The van der Waals surface area contributed by atoms with Crippen molar-refractivity contribution in [3.63, 3.8) is 0 Å². The van der Waals surface area contributed by atoms with E-state index in [-0.39, 0.29) is 22.0 Å². The smallest absolute Gasteiger partial charge is 0.337 e. The van der Waals surface area contributed by atoms with E-state index in [1.807, 2.05) is 0 Å². The maximum atomic E-state index is 12.9. The third-order valence-electron chi connectivity index (χ3n) is 3.74. The van der Waals surface area contributed by atoms with E-state index >= 15 is 0 Å². The summed E-state index contributed by atoms with van der Waals surface area (Å²) in [7, 11) is -1.24. The topological polar surface area (TPSA) is 72.9 Å². The fraction of sp³-hybridized carbons (Fsp3) is 0.211. The molecule has 0 radical (unpaired) electrons. The van der Waals surface area contributed by atoms with Gasteiger partial charge in [-0.1, -0.05) is 36.4 Å². The van der Waals surface area contributed by atoms with Gasteiger partial charge in [-0.05, 0) is 35.9 Å². The largest absolute Gasteiger partial charge is 0.490 e. The summed E-state index contributed by atoms with van der Waals surface area (Å²) in [5, 5.41) is 0.0303. The number of esters is 1. The fourth-order valence-corrected chi connectivity index (χ4v) is 3.96. The summed E-state index contributed by atoms with van der Waals surface area (Å²) < 4.78 is 37.0. The number of rotatable bonds is 8. The molecule has 27 heavy (non-hydrogen) atoms. The molecule has 144 valence electrons. The van der Waals surface area contributed by atoms with Gasteiger partial charge in [-0.2, -0.15) is 4.31 Å². The molecule has 0 N–H and O–H groups in total. The van der Waals surface area contributed by atoms with Gasteiger partial charge in [0, 0.05) is 13.6 Å². The highest BCUT2D eigenvalue weighted by Crippen LogP contribution is 2.26. The number of carbonyl (C=O) groups is 1. The van der Waals surface area contributed by atoms with E-state index in [9.17, 15) is 13.2 Å². The molecule has 0 saturated heterocycles. The lowest BCUT2D eigenvalue weighted by atomic mass is 10.2. The van der Waals surface area contributed by atoms with Gasteiger partial charge in [-0.25, -0.2) is 13.2 Å². The number of nitrogens with zero attached hydrogens (tertiary/aromatic N) is 1. The van der Waals surface area contributed by atoms with Crippen molar-refractivity contribution in [2.24, 2.45) is 0 Å². The van der Waals surface area contributed by atoms with E-state index < -0.39 is 16.0 Å². The zero-order valence-electron chi connectivity index (χ0n) is 15.0. The molecule has 0 bridgehead atoms. The van der Waals surface area contributed by atoms with Crippen LogP contribution in [0.1, 0.15) is 15.9 Å². The summed E-state index contributed by atoms with van der Waals surface area (Å²) in [6, 6.07) is 11.0. The van der Waals surface area contributed by atoms with E-state index in [4.69, 9.17) is 16.3 Å². The van der Waals surface area contributed by atoms with Crippen molar-refractivity contribution < 1.29 is 22.7 Å². The molecule has 2 aromatic carbocycles. The van der Waals surface area contributed by atoms with Gasteiger partial charge in [-0.15, -0.1) is 0 Å². The Hall–Kier alpha value is -2.35. The van der Waals surface area contributed by atoms with Crippen molar-refractivity contribution in [2.45, 2.75) is 11.4 Å². The standard InChI is InChI=1S/C19H20ClNO5S/c1-4-11-26-16-8-5-14(6-9-16)13-21(2)27(23,24)18-12-15(19(22)25-3)7-10-17(18)20/h4-10,12H,1,11,13H2,2-3H3. The average molecular weight is 410 g/mol. The summed E-state index contributed by atoms with van der Waals surface area (Å²) >= 11 is 6.06. The normalized spacial score (nSPS) is 11.3. The summed E-state index contributed by atoms with van der Waals surface area (Å²) in [6.45, 7) is 4.10. The minimum Gasteiger partial charge on any atom is -0.490 e. The molecule has 8 heteroatoms. The molecule has 0 atom stereocenters. The van der Waals surface area contributed by atoms with Crippen LogP contribution in [0, 0.1) is 0 Å². The van der Waals surface area contributed by atoms with E-state index in [2.05, 4.69) is 11.3 Å². The second-order valence-corrected chi connectivity index (χ2v) is 8.06. The van der Waals surface area contributed by atoms with E-state index in [0.29, 0.717) is 12.4 Å². The lowest BCUT2D eigenvalue weighted by molar-refractivity contribution is 0.0600. The predicted molar refractivity (Wildman–Crippen MR) is 104 cm³/mol. The molecule has 0 fully saturated rings. The van der Waals surface area contributed by atoms with Crippen molar-refractivity contribution in [3.05, 3.63) is 71.3 Å². The number of halogens is 1. The molecule has 0 aromatic heterocycles. The third-order valence-corrected chi connectivity index (χ3v) is 6.02. The van der Waals surface area contributed by atoms with Gasteiger partial charge in [0.2, 0.25) is 10.0 Å². The minimum absolute atomic E-state index is 0.0303. The molecular weight excluding hydrogens is 390 g/mol. The number of ether oxygens (including phenoxy) is 2. The molecular formula is C19H20ClNO5S. The highest BCUT2D eigenvalue weighted by molar-refractivity contribution is 7.89. The Morgan fingerprint density at radius 3 is 2.48 bits per heavy atom. The van der Waals surface area contributed by atoms with Crippen LogP contribution in [0.25, 0.3) is 0 Å². The fourth-order valence-electron chi connectivity index (χ4n) is 2.30. The van der Waals surface area contributed by atoms with Crippen LogP contribution in [0.4, 0.5) is 0 Å². The number of hydrogen-bond acceptors (Lipinski definition) is 5. The number of benzene rings is 2. The van der Waals surface area contributed by atoms with E-state index in [1.54, 1.807) is 30.3 Å². The van der Waals surface area contributed by atoms with Gasteiger partial charge < -0.3 is 9.47 Å². The Kier molecular flexibility index (Phi) is 7.01. The molecule has 0 spiro atoms. The van der Waals surface area contributed by atoms with Crippen molar-refractivity contribution in [1.82, 2.24) is 4.31 Å².